The molecule has 1 amide bonds. The highest BCUT2D eigenvalue weighted by atomic mass is 35.5. The minimum atomic E-state index is -3.39. The zero-order chi connectivity index (χ0) is 23.7. The lowest BCUT2D eigenvalue weighted by Crippen LogP contribution is -2.46. The Morgan fingerprint density at radius 2 is 1.69 bits per heavy atom. The summed E-state index contributed by atoms with van der Waals surface area (Å²) in [6, 6.07) is 5.51. The van der Waals surface area contributed by atoms with Crippen molar-refractivity contribution in [2.75, 3.05) is 23.3 Å². The number of anilines is 2. The van der Waals surface area contributed by atoms with E-state index in [4.69, 9.17) is 16.3 Å². The van der Waals surface area contributed by atoms with E-state index in [0.29, 0.717) is 36.4 Å². The molecule has 1 aliphatic carbocycles. The van der Waals surface area contributed by atoms with E-state index >= 15 is 0 Å². The molecule has 2 aliphatic rings. The molecule has 0 bridgehead atoms. The van der Waals surface area contributed by atoms with Crippen molar-refractivity contribution in [2.45, 2.75) is 83.3 Å². The molecule has 0 radical (unpaired) electrons. The molecule has 1 saturated carbocycles. The van der Waals surface area contributed by atoms with Crippen molar-refractivity contribution < 1.29 is 17.9 Å². The molecule has 0 spiro atoms. The maximum atomic E-state index is 12.8. The third-order valence-electron chi connectivity index (χ3n) is 6.20. The molecule has 0 aromatic heterocycles. The van der Waals surface area contributed by atoms with E-state index in [9.17, 15) is 13.2 Å². The van der Waals surface area contributed by atoms with Crippen LogP contribution in [0.3, 0.4) is 0 Å². The molecule has 3 rings (SSSR count). The first-order chi connectivity index (χ1) is 14.9. The number of benzene rings is 1. The molecule has 2 atom stereocenters. The van der Waals surface area contributed by atoms with Crippen molar-refractivity contribution in [1.82, 2.24) is 4.72 Å². The number of nitrogens with zero attached hydrogens (tertiary/aromatic N) is 1. The quantitative estimate of drug-likeness (QED) is 0.653. The highest BCUT2D eigenvalue weighted by Gasteiger charge is 2.34. The number of rotatable bonds is 5. The lowest BCUT2D eigenvalue weighted by Gasteiger charge is -2.37. The van der Waals surface area contributed by atoms with Crippen LogP contribution in [-0.2, 0) is 19.6 Å². The monoisotopic (exact) mass is 485 g/mol. The van der Waals surface area contributed by atoms with Gasteiger partial charge in [-0.1, -0.05) is 11.6 Å². The van der Waals surface area contributed by atoms with Gasteiger partial charge in [-0.15, -0.1) is 0 Å². The highest BCUT2D eigenvalue weighted by molar-refractivity contribution is 7.90. The smallest absolute Gasteiger partial charge is 0.227 e. The second-order valence-corrected chi connectivity index (χ2v) is 13.0. The first kappa shape index (κ1) is 25.3. The van der Waals surface area contributed by atoms with Gasteiger partial charge in [0.15, 0.2) is 0 Å². The molecule has 1 aromatic rings. The van der Waals surface area contributed by atoms with Crippen molar-refractivity contribution in [3.05, 3.63) is 23.2 Å². The van der Waals surface area contributed by atoms with E-state index in [-0.39, 0.29) is 30.1 Å². The molecule has 0 unspecified atom stereocenters. The van der Waals surface area contributed by atoms with Crippen molar-refractivity contribution in [3.8, 4) is 0 Å². The topological polar surface area (TPSA) is 87.7 Å². The van der Waals surface area contributed by atoms with Crippen molar-refractivity contribution >= 4 is 38.9 Å². The molecule has 1 saturated heterocycles. The van der Waals surface area contributed by atoms with E-state index in [1.54, 1.807) is 26.8 Å². The number of halogens is 1. The third kappa shape index (κ3) is 6.16. The van der Waals surface area contributed by atoms with Gasteiger partial charge >= 0.3 is 0 Å². The van der Waals surface area contributed by atoms with Gasteiger partial charge in [0.05, 0.1) is 27.7 Å². The molecule has 32 heavy (non-hydrogen) atoms. The minimum absolute atomic E-state index is 0.0421. The number of sulfonamides is 1. The number of hydrogen-bond donors (Lipinski definition) is 2. The molecule has 9 heteroatoms. The summed E-state index contributed by atoms with van der Waals surface area (Å²) < 4.78 is 32.5. The van der Waals surface area contributed by atoms with Gasteiger partial charge in [0.1, 0.15) is 0 Å². The average molecular weight is 486 g/mol. The lowest BCUT2D eigenvalue weighted by atomic mass is 9.86. The number of amides is 1. The van der Waals surface area contributed by atoms with Crippen LogP contribution in [0.15, 0.2) is 18.2 Å². The lowest BCUT2D eigenvalue weighted by molar-refractivity contribution is -0.120. The first-order valence-electron chi connectivity index (χ1n) is 11.4. The van der Waals surface area contributed by atoms with Gasteiger partial charge in [0.2, 0.25) is 15.9 Å². The number of morpholine rings is 1. The maximum Gasteiger partial charge on any atom is 0.227 e. The predicted octanol–water partition coefficient (Wildman–Crippen LogP) is 4.17. The normalized spacial score (nSPS) is 27.2. The van der Waals surface area contributed by atoms with Gasteiger partial charge in [0.25, 0.3) is 0 Å². The van der Waals surface area contributed by atoms with Gasteiger partial charge < -0.3 is 15.0 Å². The van der Waals surface area contributed by atoms with E-state index in [2.05, 4.69) is 14.9 Å². The van der Waals surface area contributed by atoms with E-state index in [1.807, 2.05) is 26.0 Å². The molecule has 7 nitrogen and oxygen atoms in total. The van der Waals surface area contributed by atoms with E-state index in [0.717, 1.165) is 18.8 Å². The molecular formula is C23H36ClN3O4S. The largest absolute Gasteiger partial charge is 0.372 e. The SMILES string of the molecule is C[C@@H]1CN(c2ccc(NC(=O)C3CCC(NS(=O)(=O)C(C)(C)C)CC3)cc2Cl)C[C@H](C)O1. The van der Waals surface area contributed by atoms with Crippen LogP contribution in [-0.4, -0.2) is 50.4 Å². The Morgan fingerprint density at radius 1 is 1.09 bits per heavy atom. The fraction of sp³-hybridized carbons (Fsp3) is 0.696. The summed E-state index contributed by atoms with van der Waals surface area (Å²) in [4.78, 5) is 15.0. The summed E-state index contributed by atoms with van der Waals surface area (Å²) in [5, 5.41) is 3.58. The van der Waals surface area contributed by atoms with Gasteiger partial charge in [-0.05, 0) is 78.5 Å². The Bertz CT molecular complexity index is 914. The summed E-state index contributed by atoms with van der Waals surface area (Å²) in [6.07, 6.45) is 2.88. The first-order valence-corrected chi connectivity index (χ1v) is 13.2. The summed E-state index contributed by atoms with van der Waals surface area (Å²) >= 11 is 6.55. The van der Waals surface area contributed by atoms with Crippen LogP contribution in [0, 0.1) is 5.92 Å². The number of carbonyl (C=O) groups excluding carboxylic acids is 1. The van der Waals surface area contributed by atoms with Gasteiger partial charge in [-0.2, -0.15) is 0 Å². The van der Waals surface area contributed by atoms with Gasteiger partial charge in [0, 0.05) is 30.7 Å². The summed E-state index contributed by atoms with van der Waals surface area (Å²) in [7, 11) is -3.39. The van der Waals surface area contributed by atoms with Crippen LogP contribution >= 0.6 is 11.6 Å². The molecule has 1 heterocycles. The van der Waals surface area contributed by atoms with Crippen molar-refractivity contribution in [1.29, 1.82) is 0 Å². The molecule has 2 N–H and O–H groups in total. The fourth-order valence-electron chi connectivity index (χ4n) is 4.33. The Kier molecular flexibility index (Phi) is 7.80. The van der Waals surface area contributed by atoms with Crippen LogP contribution in [0.2, 0.25) is 5.02 Å². The predicted molar refractivity (Wildman–Crippen MR) is 130 cm³/mol. The third-order valence-corrected chi connectivity index (χ3v) is 8.76. The summed E-state index contributed by atoms with van der Waals surface area (Å²) in [5.41, 5.74) is 1.62. The van der Waals surface area contributed by atoms with Crippen molar-refractivity contribution in [2.24, 2.45) is 5.92 Å². The molecule has 180 valence electrons. The number of ether oxygens (including phenoxy) is 1. The Labute approximate surface area is 197 Å². The maximum absolute atomic E-state index is 12.8. The van der Waals surface area contributed by atoms with Crippen LogP contribution in [0.4, 0.5) is 11.4 Å². The van der Waals surface area contributed by atoms with Crippen LogP contribution in [0.25, 0.3) is 0 Å². The van der Waals surface area contributed by atoms with E-state index < -0.39 is 14.8 Å². The van der Waals surface area contributed by atoms with E-state index in [1.165, 1.54) is 0 Å². The average Bonchev–Trinajstić information content (AvgIpc) is 2.66. The van der Waals surface area contributed by atoms with Crippen LogP contribution in [0.5, 0.6) is 0 Å². The Morgan fingerprint density at radius 3 is 2.22 bits per heavy atom. The fourth-order valence-corrected chi connectivity index (χ4v) is 5.66. The Hall–Kier alpha value is -1.35. The highest BCUT2D eigenvalue weighted by Crippen LogP contribution is 2.32. The number of nitrogens with one attached hydrogen (secondary N) is 2. The molecular weight excluding hydrogens is 450 g/mol. The number of hydrogen-bond acceptors (Lipinski definition) is 5. The number of carbonyl (C=O) groups is 1. The molecule has 1 aromatic carbocycles. The molecule has 2 fully saturated rings. The molecule has 1 aliphatic heterocycles. The summed E-state index contributed by atoms with van der Waals surface area (Å²) in [6.45, 7) is 10.7. The second-order valence-electron chi connectivity index (χ2n) is 10.1. The minimum Gasteiger partial charge on any atom is -0.372 e. The second kappa shape index (κ2) is 9.87. The summed E-state index contributed by atoms with van der Waals surface area (Å²) in [5.74, 6) is -0.177. The zero-order valence-electron chi connectivity index (χ0n) is 19.7. The van der Waals surface area contributed by atoms with Crippen LogP contribution in [0.1, 0.15) is 60.3 Å². The standard InChI is InChI=1S/C23H36ClN3O4S/c1-15-13-27(14-16(2)31-15)21-11-10-19(12-20(21)24)25-22(28)17-6-8-18(9-7-17)26-32(29,30)23(3,4)5/h10-12,15-18,26H,6-9,13-14H2,1-5H3,(H,25,28)/t15-,16+,17?,18?. The van der Waals surface area contributed by atoms with Crippen LogP contribution < -0.4 is 14.9 Å². The van der Waals surface area contributed by atoms with Gasteiger partial charge in [-0.25, -0.2) is 13.1 Å². The Balaban J connectivity index is 1.55. The van der Waals surface area contributed by atoms with Gasteiger partial charge in [-0.3, -0.25) is 4.79 Å². The van der Waals surface area contributed by atoms with Crippen molar-refractivity contribution in [3.63, 3.8) is 0 Å². The zero-order valence-corrected chi connectivity index (χ0v) is 21.2.